The van der Waals surface area contributed by atoms with Gasteiger partial charge in [-0.2, -0.15) is 0 Å². The highest BCUT2D eigenvalue weighted by atomic mass is 35.5. The van der Waals surface area contributed by atoms with Crippen LogP contribution < -0.4 is 10.2 Å². The van der Waals surface area contributed by atoms with Crippen molar-refractivity contribution in [3.63, 3.8) is 0 Å². The minimum absolute atomic E-state index is 0.219. The van der Waals surface area contributed by atoms with Gasteiger partial charge in [0, 0.05) is 12.6 Å². The minimum atomic E-state index is -0.564. The Hall–Kier alpha value is -1.53. The SMILES string of the molecule is C[C@H]1COCCN1c1cc(NC(=O)OC(C)(C)C)c(Cl)cn1. The van der Waals surface area contributed by atoms with E-state index in [-0.39, 0.29) is 6.04 Å². The Balaban J connectivity index is 2.14. The highest BCUT2D eigenvalue weighted by Gasteiger charge is 2.22. The van der Waals surface area contributed by atoms with E-state index in [1.807, 2.05) is 20.8 Å². The summed E-state index contributed by atoms with van der Waals surface area (Å²) in [7, 11) is 0. The summed E-state index contributed by atoms with van der Waals surface area (Å²) in [5, 5.41) is 3.04. The summed E-state index contributed by atoms with van der Waals surface area (Å²) in [5.41, 5.74) is -0.0786. The molecule has 1 N–H and O–H groups in total. The van der Waals surface area contributed by atoms with Crippen LogP contribution in [0.5, 0.6) is 0 Å². The van der Waals surface area contributed by atoms with Gasteiger partial charge in [-0.25, -0.2) is 9.78 Å². The summed E-state index contributed by atoms with van der Waals surface area (Å²) >= 11 is 6.11. The van der Waals surface area contributed by atoms with Crippen LogP contribution in [0.1, 0.15) is 27.7 Å². The largest absolute Gasteiger partial charge is 0.444 e. The van der Waals surface area contributed by atoms with E-state index in [4.69, 9.17) is 21.1 Å². The van der Waals surface area contributed by atoms with Gasteiger partial charge in [0.25, 0.3) is 0 Å². The molecule has 0 radical (unpaired) electrons. The first kappa shape index (κ1) is 16.8. The smallest absolute Gasteiger partial charge is 0.412 e. The molecule has 7 heteroatoms. The van der Waals surface area contributed by atoms with Gasteiger partial charge in [0.15, 0.2) is 0 Å². The van der Waals surface area contributed by atoms with Gasteiger partial charge in [0.1, 0.15) is 11.4 Å². The van der Waals surface area contributed by atoms with Crippen LogP contribution in [0.2, 0.25) is 5.02 Å². The van der Waals surface area contributed by atoms with Gasteiger partial charge >= 0.3 is 6.09 Å². The maximum atomic E-state index is 11.9. The summed E-state index contributed by atoms with van der Waals surface area (Å²) in [6.45, 7) is 9.55. The Bertz CT molecular complexity index is 545. The molecule has 1 aromatic heterocycles. The highest BCUT2D eigenvalue weighted by Crippen LogP contribution is 2.27. The molecule has 0 aromatic carbocycles. The Labute approximate surface area is 135 Å². The van der Waals surface area contributed by atoms with Crippen molar-refractivity contribution in [3.8, 4) is 0 Å². The lowest BCUT2D eigenvalue weighted by molar-refractivity contribution is 0.0636. The number of hydrogen-bond donors (Lipinski definition) is 1. The lowest BCUT2D eigenvalue weighted by atomic mass is 10.2. The molecule has 0 saturated carbocycles. The number of carbonyl (C=O) groups is 1. The van der Waals surface area contributed by atoms with Crippen LogP contribution in [0.4, 0.5) is 16.3 Å². The lowest BCUT2D eigenvalue weighted by Crippen LogP contribution is -2.44. The summed E-state index contributed by atoms with van der Waals surface area (Å²) in [6, 6.07) is 1.98. The zero-order valence-electron chi connectivity index (χ0n) is 13.4. The molecule has 22 heavy (non-hydrogen) atoms. The van der Waals surface area contributed by atoms with E-state index in [2.05, 4.69) is 22.1 Å². The van der Waals surface area contributed by atoms with E-state index in [0.717, 1.165) is 12.4 Å². The fraction of sp³-hybridized carbons (Fsp3) is 0.600. The monoisotopic (exact) mass is 327 g/mol. The molecule has 1 fully saturated rings. The van der Waals surface area contributed by atoms with Crippen molar-refractivity contribution < 1.29 is 14.3 Å². The van der Waals surface area contributed by atoms with E-state index in [1.54, 1.807) is 6.07 Å². The number of nitrogens with one attached hydrogen (secondary N) is 1. The van der Waals surface area contributed by atoms with E-state index in [0.29, 0.717) is 23.9 Å². The fourth-order valence-corrected chi connectivity index (χ4v) is 2.31. The van der Waals surface area contributed by atoms with Crippen molar-refractivity contribution in [1.82, 2.24) is 4.98 Å². The molecule has 1 atom stereocenters. The van der Waals surface area contributed by atoms with Crippen LogP contribution in [-0.4, -0.2) is 42.5 Å². The highest BCUT2D eigenvalue weighted by molar-refractivity contribution is 6.33. The molecule has 0 bridgehead atoms. The number of ether oxygens (including phenoxy) is 2. The van der Waals surface area contributed by atoms with Crippen molar-refractivity contribution in [1.29, 1.82) is 0 Å². The summed E-state index contributed by atoms with van der Waals surface area (Å²) in [4.78, 5) is 18.4. The first-order valence-electron chi connectivity index (χ1n) is 7.26. The predicted octanol–water partition coefficient (Wildman–Crippen LogP) is 3.31. The maximum Gasteiger partial charge on any atom is 0.412 e. The Kier molecular flexibility index (Phi) is 5.13. The van der Waals surface area contributed by atoms with Gasteiger partial charge in [-0.3, -0.25) is 5.32 Å². The summed E-state index contributed by atoms with van der Waals surface area (Å²) in [5.74, 6) is 0.756. The summed E-state index contributed by atoms with van der Waals surface area (Å²) in [6.07, 6.45) is 0.993. The number of anilines is 2. The molecule has 0 spiro atoms. The van der Waals surface area contributed by atoms with Crippen molar-refractivity contribution in [3.05, 3.63) is 17.3 Å². The number of pyridine rings is 1. The second-order valence-corrected chi connectivity index (χ2v) is 6.67. The average Bonchev–Trinajstić information content (AvgIpc) is 2.40. The molecule has 0 aliphatic carbocycles. The number of hydrogen-bond acceptors (Lipinski definition) is 5. The Morgan fingerprint density at radius 2 is 2.27 bits per heavy atom. The van der Waals surface area contributed by atoms with E-state index >= 15 is 0 Å². The first-order valence-corrected chi connectivity index (χ1v) is 7.64. The van der Waals surface area contributed by atoms with E-state index in [9.17, 15) is 4.79 Å². The molecule has 1 aliphatic heterocycles. The van der Waals surface area contributed by atoms with Crippen molar-refractivity contribution in [2.45, 2.75) is 39.3 Å². The third kappa shape index (κ3) is 4.48. The maximum absolute atomic E-state index is 11.9. The molecule has 1 saturated heterocycles. The third-order valence-electron chi connectivity index (χ3n) is 3.14. The van der Waals surface area contributed by atoms with Gasteiger partial charge in [-0.15, -0.1) is 0 Å². The standard InChI is InChI=1S/C15H22ClN3O3/c1-10-9-21-6-5-19(10)13-7-12(11(16)8-17-13)18-14(20)22-15(2,3)4/h7-8,10H,5-6,9H2,1-4H3,(H,17,18,20)/t10-/m0/s1. The van der Waals surface area contributed by atoms with Crippen LogP contribution in [0.25, 0.3) is 0 Å². The average molecular weight is 328 g/mol. The van der Waals surface area contributed by atoms with Crippen LogP contribution in [0, 0.1) is 0 Å². The number of amides is 1. The molecule has 1 aliphatic rings. The van der Waals surface area contributed by atoms with Gasteiger partial charge in [-0.05, 0) is 27.7 Å². The number of halogens is 1. The van der Waals surface area contributed by atoms with Gasteiger partial charge in [-0.1, -0.05) is 11.6 Å². The van der Waals surface area contributed by atoms with E-state index < -0.39 is 11.7 Å². The second kappa shape index (κ2) is 6.71. The second-order valence-electron chi connectivity index (χ2n) is 6.27. The molecule has 2 rings (SSSR count). The summed E-state index contributed by atoms with van der Waals surface area (Å²) < 4.78 is 10.7. The Morgan fingerprint density at radius 1 is 1.55 bits per heavy atom. The quantitative estimate of drug-likeness (QED) is 0.902. The number of aromatic nitrogens is 1. The molecule has 2 heterocycles. The van der Waals surface area contributed by atoms with Crippen LogP contribution in [-0.2, 0) is 9.47 Å². The van der Waals surface area contributed by atoms with Crippen LogP contribution >= 0.6 is 11.6 Å². The predicted molar refractivity (Wildman–Crippen MR) is 86.7 cm³/mol. The van der Waals surface area contributed by atoms with Crippen molar-refractivity contribution >= 4 is 29.2 Å². The molecule has 1 aromatic rings. The third-order valence-corrected chi connectivity index (χ3v) is 3.44. The van der Waals surface area contributed by atoms with Crippen molar-refractivity contribution in [2.24, 2.45) is 0 Å². The van der Waals surface area contributed by atoms with Crippen LogP contribution in [0.15, 0.2) is 12.3 Å². The Morgan fingerprint density at radius 3 is 2.91 bits per heavy atom. The number of rotatable bonds is 2. The topological polar surface area (TPSA) is 63.7 Å². The zero-order chi connectivity index (χ0) is 16.3. The van der Waals surface area contributed by atoms with Crippen LogP contribution in [0.3, 0.4) is 0 Å². The fourth-order valence-electron chi connectivity index (χ4n) is 2.16. The molecule has 0 unspecified atom stereocenters. The molecular weight excluding hydrogens is 306 g/mol. The normalized spacial score (nSPS) is 19.0. The van der Waals surface area contributed by atoms with Gasteiger partial charge in [0.05, 0.1) is 36.2 Å². The van der Waals surface area contributed by atoms with Crippen molar-refractivity contribution in [2.75, 3.05) is 30.0 Å². The first-order chi connectivity index (χ1) is 10.3. The number of nitrogens with zero attached hydrogens (tertiary/aromatic N) is 2. The lowest BCUT2D eigenvalue weighted by Gasteiger charge is -2.34. The minimum Gasteiger partial charge on any atom is -0.444 e. The van der Waals surface area contributed by atoms with Gasteiger partial charge < -0.3 is 14.4 Å². The molecule has 1 amide bonds. The van der Waals surface area contributed by atoms with E-state index in [1.165, 1.54) is 6.20 Å². The number of morpholine rings is 1. The van der Waals surface area contributed by atoms with Gasteiger partial charge in [0.2, 0.25) is 0 Å². The molecule has 122 valence electrons. The molecule has 6 nitrogen and oxygen atoms in total. The number of carbonyl (C=O) groups excluding carboxylic acids is 1. The molecular formula is C15H22ClN3O3. The zero-order valence-corrected chi connectivity index (χ0v) is 14.1.